The molecule has 11 heteroatoms. The molecule has 6 rings (SSSR count). The lowest BCUT2D eigenvalue weighted by Crippen LogP contribution is -2.40. The van der Waals surface area contributed by atoms with Gasteiger partial charge in [-0.25, -0.2) is 14.5 Å². The molecule has 2 aromatic heterocycles. The maximum Gasteiger partial charge on any atom is 0.338 e. The molecule has 5 aromatic rings. The number of para-hydroxylation sites is 1. The molecule has 0 fully saturated rings. The molecule has 0 radical (unpaired) electrons. The van der Waals surface area contributed by atoms with Crippen molar-refractivity contribution < 1.29 is 19.0 Å². The van der Waals surface area contributed by atoms with Crippen molar-refractivity contribution in [3.8, 4) is 28.4 Å². The van der Waals surface area contributed by atoms with Gasteiger partial charge >= 0.3 is 5.97 Å². The quantitative estimate of drug-likeness (QED) is 0.213. The number of nitrogens with zero attached hydrogens (tertiary/aromatic N) is 4. The van der Waals surface area contributed by atoms with E-state index in [0.717, 1.165) is 16.8 Å². The summed E-state index contributed by atoms with van der Waals surface area (Å²) in [6.07, 6.45) is 3.69. The van der Waals surface area contributed by atoms with E-state index in [4.69, 9.17) is 35.9 Å². The normalized spacial score (nSPS) is 14.6. The van der Waals surface area contributed by atoms with Crippen molar-refractivity contribution in [2.24, 2.45) is 4.99 Å². The van der Waals surface area contributed by atoms with E-state index in [9.17, 15) is 9.59 Å². The summed E-state index contributed by atoms with van der Waals surface area (Å²) in [5.41, 5.74) is 4.06. The molecule has 1 aliphatic rings. The van der Waals surface area contributed by atoms with Crippen LogP contribution in [0.15, 0.2) is 100 Å². The van der Waals surface area contributed by atoms with E-state index in [1.54, 1.807) is 56.0 Å². The van der Waals surface area contributed by atoms with Crippen LogP contribution in [-0.2, 0) is 9.53 Å². The highest BCUT2D eigenvalue weighted by Gasteiger charge is 2.35. The summed E-state index contributed by atoms with van der Waals surface area (Å²) in [5.74, 6) is 0.477. The first-order chi connectivity index (χ1) is 21.8. The van der Waals surface area contributed by atoms with Gasteiger partial charge in [0, 0.05) is 27.9 Å². The lowest BCUT2D eigenvalue weighted by atomic mass is 9.94. The maximum atomic E-state index is 14.3. The molecular formula is C34H29ClN4O5S. The number of hydrogen-bond acceptors (Lipinski definition) is 8. The first-order valence-electron chi connectivity index (χ1n) is 14.2. The Morgan fingerprint density at radius 3 is 2.49 bits per heavy atom. The second-order valence-electron chi connectivity index (χ2n) is 10.1. The third kappa shape index (κ3) is 5.70. The van der Waals surface area contributed by atoms with E-state index in [2.05, 4.69) is 0 Å². The van der Waals surface area contributed by atoms with E-state index >= 15 is 0 Å². The largest absolute Gasteiger partial charge is 0.497 e. The number of fused-ring (bicyclic) bond motifs is 1. The van der Waals surface area contributed by atoms with Crippen LogP contribution in [0.25, 0.3) is 23.0 Å². The van der Waals surface area contributed by atoms with E-state index in [-0.39, 0.29) is 17.7 Å². The Labute approximate surface area is 267 Å². The van der Waals surface area contributed by atoms with Gasteiger partial charge in [0.05, 0.1) is 42.3 Å². The molecule has 0 amide bonds. The van der Waals surface area contributed by atoms with Gasteiger partial charge in [-0.2, -0.15) is 5.10 Å². The Morgan fingerprint density at radius 2 is 1.80 bits per heavy atom. The van der Waals surface area contributed by atoms with Gasteiger partial charge in [0.2, 0.25) is 0 Å². The molecule has 0 saturated carbocycles. The van der Waals surface area contributed by atoms with Crippen LogP contribution in [0.1, 0.15) is 31.0 Å². The molecule has 0 aliphatic carbocycles. The van der Waals surface area contributed by atoms with E-state index in [1.165, 1.54) is 23.0 Å². The van der Waals surface area contributed by atoms with Crippen molar-refractivity contribution in [3.63, 3.8) is 0 Å². The summed E-state index contributed by atoms with van der Waals surface area (Å²) >= 11 is 7.41. The highest BCUT2D eigenvalue weighted by Crippen LogP contribution is 2.38. The predicted molar refractivity (Wildman–Crippen MR) is 174 cm³/mol. The number of esters is 1. The summed E-state index contributed by atoms with van der Waals surface area (Å²) in [5, 5.41) is 5.48. The van der Waals surface area contributed by atoms with Crippen LogP contribution < -0.4 is 24.4 Å². The topological polar surface area (TPSA) is 96.9 Å². The zero-order valence-electron chi connectivity index (χ0n) is 25.0. The molecule has 1 aliphatic heterocycles. The third-order valence-electron chi connectivity index (χ3n) is 7.42. The number of carbonyl (C=O) groups is 1. The minimum absolute atomic E-state index is 0.168. The number of hydrogen-bond donors (Lipinski definition) is 0. The smallest absolute Gasteiger partial charge is 0.338 e. The van der Waals surface area contributed by atoms with Gasteiger partial charge < -0.3 is 14.2 Å². The molecular weight excluding hydrogens is 612 g/mol. The summed E-state index contributed by atoms with van der Waals surface area (Å²) in [6.45, 7) is 3.64. The molecule has 0 saturated heterocycles. The van der Waals surface area contributed by atoms with Crippen LogP contribution in [0.3, 0.4) is 0 Å². The Kier molecular flexibility index (Phi) is 8.42. The number of aromatic nitrogens is 3. The summed E-state index contributed by atoms with van der Waals surface area (Å²) in [4.78, 5) is 32.9. The van der Waals surface area contributed by atoms with E-state index in [0.29, 0.717) is 42.8 Å². The third-order valence-corrected chi connectivity index (χ3v) is 8.65. The molecule has 1 unspecified atom stereocenters. The highest BCUT2D eigenvalue weighted by molar-refractivity contribution is 7.07. The number of rotatable bonds is 8. The minimum Gasteiger partial charge on any atom is -0.497 e. The van der Waals surface area contributed by atoms with Crippen molar-refractivity contribution in [1.82, 2.24) is 14.3 Å². The van der Waals surface area contributed by atoms with Gasteiger partial charge in [-0.15, -0.1) is 0 Å². The summed E-state index contributed by atoms with van der Waals surface area (Å²) < 4.78 is 20.4. The van der Waals surface area contributed by atoms with Gasteiger partial charge in [0.15, 0.2) is 4.80 Å². The van der Waals surface area contributed by atoms with Gasteiger partial charge in [-0.05, 0) is 62.4 Å². The molecule has 3 heterocycles. The molecule has 0 N–H and O–H groups in total. The molecule has 0 bridgehead atoms. The fourth-order valence-electron chi connectivity index (χ4n) is 5.32. The summed E-state index contributed by atoms with van der Waals surface area (Å²) in [7, 11) is 3.09. The molecule has 228 valence electrons. The number of benzene rings is 3. The summed E-state index contributed by atoms with van der Waals surface area (Å²) in [6, 6.07) is 21.5. The Bertz CT molecular complexity index is 2110. The van der Waals surface area contributed by atoms with Crippen LogP contribution in [0.4, 0.5) is 0 Å². The molecule has 9 nitrogen and oxygen atoms in total. The van der Waals surface area contributed by atoms with Crippen LogP contribution in [0.2, 0.25) is 5.02 Å². The van der Waals surface area contributed by atoms with Crippen molar-refractivity contribution in [1.29, 1.82) is 0 Å². The fraction of sp³-hybridized carbons (Fsp3) is 0.176. The average Bonchev–Trinajstić information content (AvgIpc) is 3.61. The van der Waals surface area contributed by atoms with Crippen LogP contribution in [0, 0.1) is 0 Å². The highest BCUT2D eigenvalue weighted by atomic mass is 35.5. The number of thiazole rings is 1. The number of ether oxygens (including phenoxy) is 3. The van der Waals surface area contributed by atoms with Crippen LogP contribution in [0.5, 0.6) is 11.5 Å². The van der Waals surface area contributed by atoms with Crippen LogP contribution >= 0.6 is 22.9 Å². The predicted octanol–water partition coefficient (Wildman–Crippen LogP) is 5.32. The molecule has 0 spiro atoms. The first-order valence-corrected chi connectivity index (χ1v) is 15.3. The van der Waals surface area contributed by atoms with Crippen molar-refractivity contribution >= 4 is 35.0 Å². The van der Waals surface area contributed by atoms with E-state index < -0.39 is 12.0 Å². The molecule has 45 heavy (non-hydrogen) atoms. The van der Waals surface area contributed by atoms with E-state index in [1.807, 2.05) is 54.7 Å². The van der Waals surface area contributed by atoms with Gasteiger partial charge in [-0.1, -0.05) is 53.3 Å². The van der Waals surface area contributed by atoms with Crippen LogP contribution in [-0.4, -0.2) is 41.1 Å². The Hall–Kier alpha value is -4.93. The first kappa shape index (κ1) is 30.1. The number of methoxy groups -OCH3 is 2. The SMILES string of the molecule is CCOC(=O)C1=C(C)N=c2sc(=Cc3cn(-c4ccccc4)nc3-c3ccc(Cl)cc3)c(=O)n2C1c1cc(OC)ccc1OC. The van der Waals surface area contributed by atoms with Crippen molar-refractivity contribution in [2.75, 3.05) is 20.8 Å². The second-order valence-corrected chi connectivity index (χ2v) is 11.6. The van der Waals surface area contributed by atoms with Gasteiger partial charge in [0.1, 0.15) is 23.2 Å². The maximum absolute atomic E-state index is 14.3. The van der Waals surface area contributed by atoms with Crippen molar-refractivity contribution in [2.45, 2.75) is 19.9 Å². The van der Waals surface area contributed by atoms with Gasteiger partial charge in [-0.3, -0.25) is 9.36 Å². The lowest BCUT2D eigenvalue weighted by Gasteiger charge is -2.26. The van der Waals surface area contributed by atoms with Gasteiger partial charge in [0.25, 0.3) is 5.56 Å². The fourth-order valence-corrected chi connectivity index (χ4v) is 6.48. The lowest BCUT2D eigenvalue weighted by molar-refractivity contribution is -0.139. The molecule has 3 aromatic carbocycles. The minimum atomic E-state index is -0.865. The number of allylic oxidation sites excluding steroid dienone is 1. The zero-order valence-corrected chi connectivity index (χ0v) is 26.6. The standard InChI is InChI=1S/C34H29ClN4O5S/c1-5-44-33(41)29-20(2)36-34-39(31(29)26-18-25(42-3)15-16-27(26)43-4)32(40)28(45-34)17-22-19-38(24-9-7-6-8-10-24)37-30(22)21-11-13-23(35)14-12-21/h6-19,31H,5H2,1-4H3. The number of halogens is 1. The zero-order chi connectivity index (χ0) is 31.7. The Morgan fingerprint density at radius 1 is 1.04 bits per heavy atom. The molecule has 1 atom stereocenters. The Balaban J connectivity index is 1.59. The second kappa shape index (κ2) is 12.6. The van der Waals surface area contributed by atoms with Crippen molar-refractivity contribution in [3.05, 3.63) is 126 Å². The number of carbonyl (C=O) groups excluding carboxylic acids is 1. The monoisotopic (exact) mass is 640 g/mol. The average molecular weight is 641 g/mol.